The van der Waals surface area contributed by atoms with Gasteiger partial charge >= 0.3 is 0 Å². The van der Waals surface area contributed by atoms with Gasteiger partial charge in [-0.1, -0.05) is 12.1 Å². The number of aryl methyl sites for hydroxylation is 1. The van der Waals surface area contributed by atoms with Crippen LogP contribution in [0.1, 0.15) is 5.56 Å². The summed E-state index contributed by atoms with van der Waals surface area (Å²) in [5, 5.41) is 2.81. The van der Waals surface area contributed by atoms with Crippen LogP contribution in [-0.4, -0.2) is 19.5 Å². The summed E-state index contributed by atoms with van der Waals surface area (Å²) in [5.74, 6) is -0.512. The maximum Gasteiger partial charge on any atom is 0.243 e. The summed E-state index contributed by atoms with van der Waals surface area (Å²) in [6.45, 7) is 2.02. The van der Waals surface area contributed by atoms with Crippen LogP contribution in [0.2, 0.25) is 0 Å². The maximum absolute atomic E-state index is 13.2. The summed E-state index contributed by atoms with van der Waals surface area (Å²) in [7, 11) is 1.74. The molecule has 1 amide bonds. The van der Waals surface area contributed by atoms with Crippen LogP contribution in [0.15, 0.2) is 42.5 Å². The van der Waals surface area contributed by atoms with Crippen molar-refractivity contribution < 1.29 is 9.18 Å². The van der Waals surface area contributed by atoms with Crippen molar-refractivity contribution in [3.63, 3.8) is 0 Å². The van der Waals surface area contributed by atoms with Gasteiger partial charge in [-0.2, -0.15) is 0 Å². The normalized spacial score (nSPS) is 10.2. The highest BCUT2D eigenvalue weighted by Crippen LogP contribution is 2.18. The molecule has 0 saturated heterocycles. The fourth-order valence-electron chi connectivity index (χ4n) is 1.98. The van der Waals surface area contributed by atoms with Crippen LogP contribution in [0.25, 0.3) is 0 Å². The van der Waals surface area contributed by atoms with Crippen LogP contribution in [0.3, 0.4) is 0 Å². The Morgan fingerprint density at radius 2 is 2.05 bits per heavy atom. The first kappa shape index (κ1) is 14.8. The van der Waals surface area contributed by atoms with Gasteiger partial charge in [0.25, 0.3) is 0 Å². The Kier molecular flexibility index (Phi) is 4.42. The molecule has 0 spiro atoms. The monoisotopic (exact) mass is 287 g/mol. The van der Waals surface area contributed by atoms with Crippen LogP contribution in [0.5, 0.6) is 0 Å². The summed E-state index contributed by atoms with van der Waals surface area (Å²) in [4.78, 5) is 13.7. The van der Waals surface area contributed by atoms with E-state index in [0.717, 1.165) is 5.56 Å². The molecule has 2 aromatic carbocycles. The topological polar surface area (TPSA) is 58.4 Å². The van der Waals surface area contributed by atoms with Crippen molar-refractivity contribution in [1.29, 1.82) is 0 Å². The predicted molar refractivity (Wildman–Crippen MR) is 83.9 cm³/mol. The fourth-order valence-corrected chi connectivity index (χ4v) is 1.98. The zero-order chi connectivity index (χ0) is 15.4. The Balaban J connectivity index is 2.03. The average Bonchev–Trinajstić information content (AvgIpc) is 2.42. The van der Waals surface area contributed by atoms with Gasteiger partial charge < -0.3 is 16.0 Å². The highest BCUT2D eigenvalue weighted by Gasteiger charge is 2.10. The van der Waals surface area contributed by atoms with Gasteiger partial charge in [0.1, 0.15) is 5.82 Å². The molecule has 0 radical (unpaired) electrons. The molecule has 3 N–H and O–H groups in total. The molecule has 21 heavy (non-hydrogen) atoms. The number of rotatable bonds is 4. The van der Waals surface area contributed by atoms with Crippen LogP contribution in [0, 0.1) is 12.7 Å². The number of hydrogen-bond donors (Lipinski definition) is 2. The average molecular weight is 287 g/mol. The van der Waals surface area contributed by atoms with E-state index in [2.05, 4.69) is 5.32 Å². The second-order valence-corrected chi connectivity index (χ2v) is 4.96. The zero-order valence-electron chi connectivity index (χ0n) is 12.1. The van der Waals surface area contributed by atoms with E-state index in [-0.39, 0.29) is 18.3 Å². The summed E-state index contributed by atoms with van der Waals surface area (Å²) < 4.78 is 13.2. The Hall–Kier alpha value is -2.56. The molecule has 2 rings (SSSR count). The van der Waals surface area contributed by atoms with Gasteiger partial charge in [0, 0.05) is 24.1 Å². The first-order chi connectivity index (χ1) is 9.95. The number of likely N-dealkylation sites (N-methyl/N-ethyl adjacent to an activating group) is 1. The highest BCUT2D eigenvalue weighted by atomic mass is 19.1. The molecule has 0 fully saturated rings. The van der Waals surface area contributed by atoms with Crippen molar-refractivity contribution in [1.82, 2.24) is 0 Å². The lowest BCUT2D eigenvalue weighted by atomic mass is 10.2. The number of carbonyl (C=O) groups excluding carboxylic acids is 1. The maximum atomic E-state index is 13.2. The second-order valence-electron chi connectivity index (χ2n) is 4.96. The molecule has 0 aromatic heterocycles. The van der Waals surface area contributed by atoms with Crippen LogP contribution in [-0.2, 0) is 4.79 Å². The van der Waals surface area contributed by atoms with E-state index in [1.165, 1.54) is 12.1 Å². The smallest absolute Gasteiger partial charge is 0.243 e. The summed E-state index contributed by atoms with van der Waals surface area (Å²) >= 11 is 0. The molecule has 0 aliphatic carbocycles. The van der Waals surface area contributed by atoms with Crippen LogP contribution >= 0.6 is 0 Å². The Morgan fingerprint density at radius 3 is 2.76 bits per heavy atom. The Morgan fingerprint density at radius 1 is 1.29 bits per heavy atom. The number of hydrogen-bond acceptors (Lipinski definition) is 3. The number of nitrogen functional groups attached to an aromatic ring is 1. The lowest BCUT2D eigenvalue weighted by Crippen LogP contribution is -2.30. The largest absolute Gasteiger partial charge is 0.399 e. The van der Waals surface area contributed by atoms with Crippen molar-refractivity contribution >= 4 is 23.0 Å². The molecule has 0 unspecified atom stereocenters. The highest BCUT2D eigenvalue weighted by molar-refractivity contribution is 5.95. The number of benzene rings is 2. The van der Waals surface area contributed by atoms with Crippen molar-refractivity contribution in [3.05, 3.63) is 53.8 Å². The Bertz CT molecular complexity index is 658. The van der Waals surface area contributed by atoms with Gasteiger partial charge in [-0.3, -0.25) is 4.79 Å². The molecule has 0 saturated carbocycles. The molecular formula is C16H18FN3O. The molecule has 0 heterocycles. The molecular weight excluding hydrogens is 269 g/mol. The van der Waals surface area contributed by atoms with Gasteiger partial charge in [0.2, 0.25) is 5.91 Å². The Labute approximate surface area is 123 Å². The first-order valence-corrected chi connectivity index (χ1v) is 6.58. The van der Waals surface area contributed by atoms with Crippen molar-refractivity contribution in [2.75, 3.05) is 29.5 Å². The standard InChI is InChI=1S/C16H18FN3O/c1-11-6-7-13(18)9-15(11)19-16(21)10-20(2)14-5-3-4-12(17)8-14/h3-9H,10,18H2,1-2H3,(H,19,21). The van der Waals surface area contributed by atoms with Crippen molar-refractivity contribution in [2.45, 2.75) is 6.92 Å². The SMILES string of the molecule is Cc1ccc(N)cc1NC(=O)CN(C)c1cccc(F)c1. The minimum atomic E-state index is -0.327. The summed E-state index contributed by atoms with van der Waals surface area (Å²) in [5.41, 5.74) is 8.57. The van der Waals surface area contributed by atoms with E-state index < -0.39 is 0 Å². The molecule has 4 nitrogen and oxygen atoms in total. The third-order valence-electron chi connectivity index (χ3n) is 3.17. The van der Waals surface area contributed by atoms with Crippen LogP contribution in [0.4, 0.5) is 21.5 Å². The van der Waals surface area contributed by atoms with Crippen molar-refractivity contribution in [2.24, 2.45) is 0 Å². The number of halogens is 1. The zero-order valence-corrected chi connectivity index (χ0v) is 12.1. The van der Waals surface area contributed by atoms with Crippen LogP contribution < -0.4 is 16.0 Å². The minimum Gasteiger partial charge on any atom is -0.399 e. The van der Waals surface area contributed by atoms with E-state index in [1.54, 1.807) is 36.2 Å². The number of anilines is 3. The third kappa shape index (κ3) is 3.95. The first-order valence-electron chi connectivity index (χ1n) is 6.58. The van der Waals surface area contributed by atoms with Crippen molar-refractivity contribution in [3.8, 4) is 0 Å². The molecule has 2 aromatic rings. The van der Waals surface area contributed by atoms with E-state index in [9.17, 15) is 9.18 Å². The van der Waals surface area contributed by atoms with Gasteiger partial charge in [-0.15, -0.1) is 0 Å². The summed E-state index contributed by atoms with van der Waals surface area (Å²) in [6.07, 6.45) is 0. The van der Waals surface area contributed by atoms with Gasteiger partial charge in [0.15, 0.2) is 0 Å². The lowest BCUT2D eigenvalue weighted by Gasteiger charge is -2.19. The molecule has 0 aliphatic rings. The molecule has 0 aliphatic heterocycles. The molecule has 0 bridgehead atoms. The molecule has 0 atom stereocenters. The van der Waals surface area contributed by atoms with Gasteiger partial charge in [-0.25, -0.2) is 4.39 Å². The quantitative estimate of drug-likeness (QED) is 0.850. The second kappa shape index (κ2) is 6.26. The molecule has 5 heteroatoms. The lowest BCUT2D eigenvalue weighted by molar-refractivity contribution is -0.114. The number of amides is 1. The number of nitrogens with one attached hydrogen (secondary N) is 1. The number of carbonyl (C=O) groups is 1. The summed E-state index contributed by atoms with van der Waals surface area (Å²) in [6, 6.07) is 11.5. The predicted octanol–water partition coefficient (Wildman–Crippen LogP) is 2.79. The van der Waals surface area contributed by atoms with E-state index in [4.69, 9.17) is 5.73 Å². The van der Waals surface area contributed by atoms with E-state index >= 15 is 0 Å². The molecule has 110 valence electrons. The van der Waals surface area contributed by atoms with Gasteiger partial charge in [0.05, 0.1) is 6.54 Å². The number of nitrogens with two attached hydrogens (primary N) is 1. The fraction of sp³-hybridized carbons (Fsp3) is 0.188. The number of nitrogens with zero attached hydrogens (tertiary/aromatic N) is 1. The van der Waals surface area contributed by atoms with Gasteiger partial charge in [-0.05, 0) is 42.8 Å². The van der Waals surface area contributed by atoms with E-state index in [0.29, 0.717) is 17.1 Å². The third-order valence-corrected chi connectivity index (χ3v) is 3.17. The van der Waals surface area contributed by atoms with E-state index in [1.807, 2.05) is 13.0 Å². The minimum absolute atomic E-state index is 0.123.